The highest BCUT2D eigenvalue weighted by molar-refractivity contribution is 5.94. The molecule has 6 heteroatoms. The number of aliphatic hydroxyl groups is 1. The molecule has 1 N–H and O–H groups in total. The molecule has 0 atom stereocenters. The number of pyridine rings is 1. The number of benzene rings is 1. The predicted octanol–water partition coefficient (Wildman–Crippen LogP) is 2.10. The molecule has 25 heavy (non-hydrogen) atoms. The van der Waals surface area contributed by atoms with Crippen LogP contribution in [0.4, 0.5) is 0 Å². The van der Waals surface area contributed by atoms with Gasteiger partial charge in [-0.05, 0) is 35.9 Å². The maximum absolute atomic E-state index is 12.9. The minimum atomic E-state index is -0.117. The van der Waals surface area contributed by atoms with E-state index in [2.05, 4.69) is 4.98 Å². The van der Waals surface area contributed by atoms with Gasteiger partial charge in [0, 0.05) is 30.7 Å². The minimum absolute atomic E-state index is 0.0348. The molecule has 0 saturated heterocycles. The van der Waals surface area contributed by atoms with Crippen LogP contribution in [-0.2, 0) is 20.2 Å². The van der Waals surface area contributed by atoms with E-state index in [1.54, 1.807) is 11.0 Å². The number of carbonyl (C=O) groups excluding carboxylic acids is 1. The monoisotopic (exact) mass is 337 g/mol. The summed E-state index contributed by atoms with van der Waals surface area (Å²) >= 11 is 0. The molecule has 0 spiro atoms. The van der Waals surface area contributed by atoms with Crippen molar-refractivity contribution in [3.05, 3.63) is 59.4 Å². The van der Waals surface area contributed by atoms with Crippen molar-refractivity contribution in [2.45, 2.75) is 13.2 Å². The molecule has 0 saturated carbocycles. The molecule has 1 aromatic carbocycles. The number of aryl methyl sites for hydroxylation is 1. The van der Waals surface area contributed by atoms with E-state index in [0.717, 1.165) is 27.9 Å². The van der Waals surface area contributed by atoms with Crippen molar-refractivity contribution in [1.29, 1.82) is 0 Å². The number of hydrogen-bond donors (Lipinski definition) is 1. The van der Waals surface area contributed by atoms with Crippen molar-refractivity contribution in [3.8, 4) is 5.75 Å². The van der Waals surface area contributed by atoms with Gasteiger partial charge in [0.05, 0.1) is 13.2 Å². The third kappa shape index (κ3) is 2.85. The summed E-state index contributed by atoms with van der Waals surface area (Å²) < 4.78 is 7.64. The summed E-state index contributed by atoms with van der Waals surface area (Å²) in [7, 11) is 1.91. The largest absolute Gasteiger partial charge is 0.491 e. The Balaban J connectivity index is 1.65. The van der Waals surface area contributed by atoms with E-state index >= 15 is 0 Å². The zero-order valence-corrected chi connectivity index (χ0v) is 14.0. The van der Waals surface area contributed by atoms with Crippen LogP contribution < -0.4 is 4.74 Å². The van der Waals surface area contributed by atoms with Crippen LogP contribution >= 0.6 is 0 Å². The lowest BCUT2D eigenvalue weighted by molar-refractivity contribution is 0.0727. The fourth-order valence-electron chi connectivity index (χ4n) is 3.13. The van der Waals surface area contributed by atoms with Gasteiger partial charge in [-0.2, -0.15) is 0 Å². The molecule has 0 bridgehead atoms. The highest BCUT2D eigenvalue weighted by Crippen LogP contribution is 2.25. The van der Waals surface area contributed by atoms with Crippen molar-refractivity contribution in [2.75, 3.05) is 13.2 Å². The Morgan fingerprint density at radius 1 is 1.28 bits per heavy atom. The molecule has 2 aromatic heterocycles. The SMILES string of the molecule is Cn1ccc2ccc(C(=O)N3CCOc4ccc(CO)cc4C3)nc21. The first-order valence-electron chi connectivity index (χ1n) is 8.22. The van der Waals surface area contributed by atoms with Crippen molar-refractivity contribution >= 4 is 16.9 Å². The lowest BCUT2D eigenvalue weighted by Gasteiger charge is -2.19. The number of rotatable bonds is 2. The Morgan fingerprint density at radius 2 is 2.16 bits per heavy atom. The summed E-state index contributed by atoms with van der Waals surface area (Å²) in [5, 5.41) is 10.3. The maximum Gasteiger partial charge on any atom is 0.272 e. The van der Waals surface area contributed by atoms with Crippen LogP contribution in [0.15, 0.2) is 42.6 Å². The molecular weight excluding hydrogens is 318 g/mol. The van der Waals surface area contributed by atoms with Gasteiger partial charge in [-0.1, -0.05) is 6.07 Å². The normalized spacial score (nSPS) is 14.1. The Hall–Kier alpha value is -2.86. The van der Waals surface area contributed by atoms with Gasteiger partial charge in [0.1, 0.15) is 23.7 Å². The van der Waals surface area contributed by atoms with Gasteiger partial charge < -0.3 is 19.3 Å². The molecule has 0 fully saturated rings. The summed E-state index contributed by atoms with van der Waals surface area (Å²) in [5.41, 5.74) is 2.92. The first-order valence-corrected chi connectivity index (χ1v) is 8.22. The van der Waals surface area contributed by atoms with Crippen LogP contribution in [0.5, 0.6) is 5.75 Å². The molecule has 0 unspecified atom stereocenters. The smallest absolute Gasteiger partial charge is 0.272 e. The molecular formula is C19H19N3O3. The molecule has 1 amide bonds. The maximum atomic E-state index is 12.9. The summed E-state index contributed by atoms with van der Waals surface area (Å²) in [4.78, 5) is 19.2. The number of carbonyl (C=O) groups is 1. The lowest BCUT2D eigenvalue weighted by atomic mass is 10.1. The number of fused-ring (bicyclic) bond motifs is 2. The standard InChI is InChI=1S/C19H19N3O3/c1-21-7-6-14-3-4-16(20-18(14)21)19(24)22-8-9-25-17-5-2-13(12-23)10-15(17)11-22/h2-7,10,23H,8-9,11-12H2,1H3. The Labute approximate surface area is 145 Å². The topological polar surface area (TPSA) is 67.6 Å². The van der Waals surface area contributed by atoms with E-state index < -0.39 is 0 Å². The molecule has 6 nitrogen and oxygen atoms in total. The van der Waals surface area contributed by atoms with Crippen LogP contribution in [0, 0.1) is 0 Å². The van der Waals surface area contributed by atoms with E-state index in [1.165, 1.54) is 0 Å². The summed E-state index contributed by atoms with van der Waals surface area (Å²) in [5.74, 6) is 0.646. The third-order valence-electron chi connectivity index (χ3n) is 4.51. The zero-order chi connectivity index (χ0) is 17.4. The Bertz CT molecular complexity index is 948. The molecule has 1 aliphatic heterocycles. The third-order valence-corrected chi connectivity index (χ3v) is 4.51. The second kappa shape index (κ2) is 6.22. The van der Waals surface area contributed by atoms with Gasteiger partial charge >= 0.3 is 0 Å². The highest BCUT2D eigenvalue weighted by atomic mass is 16.5. The average molecular weight is 337 g/mol. The molecule has 4 rings (SSSR count). The molecule has 1 aliphatic rings. The number of aliphatic hydroxyl groups excluding tert-OH is 1. The number of amides is 1. The first-order chi connectivity index (χ1) is 12.2. The highest BCUT2D eigenvalue weighted by Gasteiger charge is 2.22. The fraction of sp³-hybridized carbons (Fsp3) is 0.263. The summed E-state index contributed by atoms with van der Waals surface area (Å²) in [6.07, 6.45) is 1.93. The Morgan fingerprint density at radius 3 is 3.00 bits per heavy atom. The van der Waals surface area contributed by atoms with E-state index in [4.69, 9.17) is 4.74 Å². The molecule has 0 radical (unpaired) electrons. The Kier molecular flexibility index (Phi) is 3.89. The predicted molar refractivity (Wildman–Crippen MR) is 93.3 cm³/mol. The summed E-state index contributed by atoms with van der Waals surface area (Å²) in [6, 6.07) is 11.2. The second-order valence-corrected chi connectivity index (χ2v) is 6.21. The number of aromatic nitrogens is 2. The van der Waals surface area contributed by atoms with E-state index in [9.17, 15) is 9.90 Å². The van der Waals surface area contributed by atoms with Gasteiger partial charge in [0.25, 0.3) is 5.91 Å². The zero-order valence-electron chi connectivity index (χ0n) is 14.0. The van der Waals surface area contributed by atoms with Gasteiger partial charge in [0.15, 0.2) is 0 Å². The van der Waals surface area contributed by atoms with Crippen molar-refractivity contribution in [2.24, 2.45) is 7.05 Å². The lowest BCUT2D eigenvalue weighted by Crippen LogP contribution is -2.33. The molecule has 3 heterocycles. The minimum Gasteiger partial charge on any atom is -0.491 e. The number of hydrogen-bond acceptors (Lipinski definition) is 4. The fourth-order valence-corrected chi connectivity index (χ4v) is 3.13. The van der Waals surface area contributed by atoms with E-state index in [-0.39, 0.29) is 12.5 Å². The average Bonchev–Trinajstić information content (AvgIpc) is 2.88. The van der Waals surface area contributed by atoms with Crippen molar-refractivity contribution in [1.82, 2.24) is 14.5 Å². The quantitative estimate of drug-likeness (QED) is 0.778. The molecule has 128 valence electrons. The van der Waals surface area contributed by atoms with Crippen LogP contribution in [0.1, 0.15) is 21.6 Å². The molecule has 3 aromatic rings. The molecule has 0 aliphatic carbocycles. The number of ether oxygens (including phenoxy) is 1. The van der Waals surface area contributed by atoms with E-state index in [0.29, 0.717) is 25.4 Å². The van der Waals surface area contributed by atoms with Crippen LogP contribution in [-0.4, -0.2) is 38.6 Å². The van der Waals surface area contributed by atoms with Crippen LogP contribution in [0.25, 0.3) is 11.0 Å². The van der Waals surface area contributed by atoms with Gasteiger partial charge in [-0.3, -0.25) is 4.79 Å². The first kappa shape index (κ1) is 15.7. The van der Waals surface area contributed by atoms with E-state index in [1.807, 2.05) is 48.1 Å². The van der Waals surface area contributed by atoms with Crippen LogP contribution in [0.3, 0.4) is 0 Å². The second-order valence-electron chi connectivity index (χ2n) is 6.21. The van der Waals surface area contributed by atoms with Gasteiger partial charge in [-0.15, -0.1) is 0 Å². The number of nitrogens with zero attached hydrogens (tertiary/aromatic N) is 3. The van der Waals surface area contributed by atoms with Gasteiger partial charge in [-0.25, -0.2) is 4.98 Å². The van der Waals surface area contributed by atoms with Crippen molar-refractivity contribution in [3.63, 3.8) is 0 Å². The van der Waals surface area contributed by atoms with Crippen LogP contribution in [0.2, 0.25) is 0 Å². The van der Waals surface area contributed by atoms with Crippen molar-refractivity contribution < 1.29 is 14.6 Å². The summed E-state index contributed by atoms with van der Waals surface area (Å²) in [6.45, 7) is 1.33. The van der Waals surface area contributed by atoms with Gasteiger partial charge in [0.2, 0.25) is 0 Å².